The van der Waals surface area contributed by atoms with Gasteiger partial charge in [0.15, 0.2) is 5.69 Å². The number of nitrogens with zero attached hydrogens (tertiary/aromatic N) is 1. The summed E-state index contributed by atoms with van der Waals surface area (Å²) in [7, 11) is 1.81. The zero-order valence-corrected chi connectivity index (χ0v) is 6.83. The van der Waals surface area contributed by atoms with Crippen molar-refractivity contribution in [1.29, 1.82) is 0 Å². The number of hydrazine groups is 1. The molecule has 0 aromatic carbocycles. The van der Waals surface area contributed by atoms with Crippen molar-refractivity contribution in [3.63, 3.8) is 0 Å². The summed E-state index contributed by atoms with van der Waals surface area (Å²) in [6.45, 7) is 1.26. The molecule has 1 aromatic rings. The van der Waals surface area contributed by atoms with Gasteiger partial charge in [0.05, 0.1) is 6.20 Å². The summed E-state index contributed by atoms with van der Waals surface area (Å²) < 4.78 is 4.44. The standard InChI is InChI=1S/C6H12N4O2/c1-8-2-3-10(7)5-4-9-12-6(5)11/h4,8-9H,2-3,7H2,1H3. The first-order chi connectivity index (χ1) is 5.75. The van der Waals surface area contributed by atoms with Crippen molar-refractivity contribution >= 4 is 5.69 Å². The van der Waals surface area contributed by atoms with Gasteiger partial charge in [-0.05, 0) is 7.05 Å². The lowest BCUT2D eigenvalue weighted by Crippen LogP contribution is -2.38. The minimum atomic E-state index is -0.450. The van der Waals surface area contributed by atoms with Gasteiger partial charge in [-0.1, -0.05) is 0 Å². The third kappa shape index (κ3) is 1.86. The van der Waals surface area contributed by atoms with E-state index >= 15 is 0 Å². The van der Waals surface area contributed by atoms with E-state index in [4.69, 9.17) is 5.84 Å². The van der Waals surface area contributed by atoms with Gasteiger partial charge in [0.1, 0.15) is 0 Å². The third-order valence-electron chi connectivity index (χ3n) is 1.47. The molecule has 0 bridgehead atoms. The fourth-order valence-corrected chi connectivity index (χ4v) is 0.803. The SMILES string of the molecule is CNCCN(N)c1c[nH]oc1=O. The number of H-pyrrole nitrogens is 1. The maximum Gasteiger partial charge on any atom is 0.381 e. The van der Waals surface area contributed by atoms with Gasteiger partial charge in [0, 0.05) is 13.1 Å². The highest BCUT2D eigenvalue weighted by molar-refractivity contribution is 5.38. The van der Waals surface area contributed by atoms with E-state index in [1.54, 1.807) is 0 Å². The van der Waals surface area contributed by atoms with Crippen molar-refractivity contribution in [3.05, 3.63) is 16.6 Å². The highest BCUT2D eigenvalue weighted by atomic mass is 16.5. The molecule has 0 saturated heterocycles. The largest absolute Gasteiger partial charge is 0.381 e. The molecule has 0 aliphatic carbocycles. The predicted molar refractivity (Wildman–Crippen MR) is 44.8 cm³/mol. The van der Waals surface area contributed by atoms with E-state index in [2.05, 4.69) is 15.0 Å². The lowest BCUT2D eigenvalue weighted by atomic mass is 10.5. The highest BCUT2D eigenvalue weighted by Gasteiger charge is 2.07. The van der Waals surface area contributed by atoms with Crippen LogP contribution in [0.15, 0.2) is 15.5 Å². The predicted octanol–water partition coefficient (Wildman–Crippen LogP) is -1.13. The van der Waals surface area contributed by atoms with Gasteiger partial charge in [-0.2, -0.15) is 0 Å². The monoisotopic (exact) mass is 172 g/mol. The number of anilines is 1. The molecule has 0 radical (unpaired) electrons. The van der Waals surface area contributed by atoms with Crippen LogP contribution in [-0.2, 0) is 0 Å². The molecule has 6 heteroatoms. The fraction of sp³-hybridized carbons (Fsp3) is 0.500. The van der Waals surface area contributed by atoms with Crippen LogP contribution in [0.5, 0.6) is 0 Å². The Bertz CT molecular complexity index is 279. The molecule has 0 aliphatic rings. The van der Waals surface area contributed by atoms with Crippen molar-refractivity contribution in [3.8, 4) is 0 Å². The van der Waals surface area contributed by atoms with Crippen molar-refractivity contribution in [2.24, 2.45) is 5.84 Å². The maximum absolute atomic E-state index is 10.9. The molecular formula is C6H12N4O2. The molecule has 68 valence electrons. The van der Waals surface area contributed by atoms with Crippen LogP contribution >= 0.6 is 0 Å². The molecule has 6 nitrogen and oxygen atoms in total. The Morgan fingerprint density at radius 2 is 2.58 bits per heavy atom. The number of rotatable bonds is 4. The Morgan fingerprint density at radius 3 is 3.08 bits per heavy atom. The summed E-state index contributed by atoms with van der Waals surface area (Å²) in [5.41, 5.74) is -0.112. The van der Waals surface area contributed by atoms with Crippen molar-refractivity contribution in [2.75, 3.05) is 25.1 Å². The highest BCUT2D eigenvalue weighted by Crippen LogP contribution is 1.99. The van der Waals surface area contributed by atoms with Gasteiger partial charge in [0.2, 0.25) is 0 Å². The second-order valence-corrected chi connectivity index (χ2v) is 2.33. The zero-order chi connectivity index (χ0) is 8.97. The molecule has 0 unspecified atom stereocenters. The van der Waals surface area contributed by atoms with E-state index in [-0.39, 0.29) is 0 Å². The summed E-state index contributed by atoms with van der Waals surface area (Å²) in [4.78, 5) is 10.9. The van der Waals surface area contributed by atoms with Crippen LogP contribution in [0.3, 0.4) is 0 Å². The first-order valence-corrected chi connectivity index (χ1v) is 3.59. The van der Waals surface area contributed by atoms with E-state index in [0.717, 1.165) is 0 Å². The Hall–Kier alpha value is -1.27. The van der Waals surface area contributed by atoms with E-state index in [1.807, 2.05) is 7.05 Å². The van der Waals surface area contributed by atoms with Gasteiger partial charge < -0.3 is 14.8 Å². The molecule has 0 spiro atoms. The molecular weight excluding hydrogens is 160 g/mol. The average Bonchev–Trinajstić information content (AvgIpc) is 2.47. The lowest BCUT2D eigenvalue weighted by Gasteiger charge is -2.13. The van der Waals surface area contributed by atoms with E-state index in [9.17, 15) is 4.79 Å². The molecule has 0 aliphatic heterocycles. The fourth-order valence-electron chi connectivity index (χ4n) is 0.803. The molecule has 4 N–H and O–H groups in total. The van der Waals surface area contributed by atoms with E-state index < -0.39 is 5.63 Å². The molecule has 1 heterocycles. The summed E-state index contributed by atoms with van der Waals surface area (Å²) in [5.74, 6) is 5.54. The first kappa shape index (κ1) is 8.82. The van der Waals surface area contributed by atoms with Gasteiger partial charge in [-0.3, -0.25) is 0 Å². The normalized spacial score (nSPS) is 10.2. The summed E-state index contributed by atoms with van der Waals surface area (Å²) in [6, 6.07) is 0. The van der Waals surface area contributed by atoms with Gasteiger partial charge >= 0.3 is 5.63 Å². The van der Waals surface area contributed by atoms with E-state index in [1.165, 1.54) is 11.2 Å². The number of hydrogen-bond acceptors (Lipinski definition) is 5. The van der Waals surface area contributed by atoms with Gasteiger partial charge in [-0.15, -0.1) is 0 Å². The molecule has 0 saturated carbocycles. The second-order valence-electron chi connectivity index (χ2n) is 2.33. The minimum absolute atomic E-state index is 0.338. The summed E-state index contributed by atoms with van der Waals surface area (Å²) in [5, 5.41) is 6.57. The number of likely N-dealkylation sites (N-methyl/N-ethyl adjacent to an activating group) is 1. The van der Waals surface area contributed by atoms with Crippen molar-refractivity contribution in [1.82, 2.24) is 10.5 Å². The van der Waals surface area contributed by atoms with Crippen LogP contribution in [0, 0.1) is 0 Å². The maximum atomic E-state index is 10.9. The molecule has 1 rings (SSSR count). The van der Waals surface area contributed by atoms with Crippen LogP contribution in [0.2, 0.25) is 0 Å². The Morgan fingerprint density at radius 1 is 1.83 bits per heavy atom. The van der Waals surface area contributed by atoms with Crippen LogP contribution in [0.4, 0.5) is 5.69 Å². The third-order valence-corrected chi connectivity index (χ3v) is 1.47. The van der Waals surface area contributed by atoms with Crippen molar-refractivity contribution < 1.29 is 4.52 Å². The van der Waals surface area contributed by atoms with Crippen LogP contribution in [-0.4, -0.2) is 25.3 Å². The van der Waals surface area contributed by atoms with Crippen LogP contribution in [0.1, 0.15) is 0 Å². The minimum Gasteiger partial charge on any atom is -0.337 e. The first-order valence-electron chi connectivity index (χ1n) is 3.59. The second kappa shape index (κ2) is 3.93. The number of nitrogens with one attached hydrogen (secondary N) is 2. The Labute approximate surface area is 69.3 Å². The molecule has 1 aromatic heterocycles. The average molecular weight is 172 g/mol. The molecule has 0 atom stereocenters. The van der Waals surface area contributed by atoms with Crippen LogP contribution in [0.25, 0.3) is 0 Å². The molecule has 0 fully saturated rings. The Balaban J connectivity index is 2.59. The van der Waals surface area contributed by atoms with E-state index in [0.29, 0.717) is 18.8 Å². The number of nitrogens with two attached hydrogens (primary N) is 1. The van der Waals surface area contributed by atoms with Gasteiger partial charge in [-0.25, -0.2) is 15.8 Å². The summed E-state index contributed by atoms with van der Waals surface area (Å²) >= 11 is 0. The van der Waals surface area contributed by atoms with Crippen molar-refractivity contribution in [2.45, 2.75) is 0 Å². The number of hydrogen-bond donors (Lipinski definition) is 3. The zero-order valence-electron chi connectivity index (χ0n) is 6.83. The summed E-state index contributed by atoms with van der Waals surface area (Å²) in [6.07, 6.45) is 1.43. The molecule has 0 amide bonds. The lowest BCUT2D eigenvalue weighted by molar-refractivity contribution is 0.391. The Kier molecular flexibility index (Phi) is 2.89. The smallest absolute Gasteiger partial charge is 0.337 e. The number of aromatic nitrogens is 1. The van der Waals surface area contributed by atoms with Gasteiger partial charge in [0.25, 0.3) is 0 Å². The van der Waals surface area contributed by atoms with Crippen LogP contribution < -0.4 is 21.8 Å². The molecule has 12 heavy (non-hydrogen) atoms. The number of aromatic amines is 1. The topological polar surface area (TPSA) is 87.3 Å². The quantitative estimate of drug-likeness (QED) is 0.395.